The number of nitrogens with zero attached hydrogens (tertiary/aromatic N) is 2. The Balaban J connectivity index is 2.27. The van der Waals surface area contributed by atoms with Crippen molar-refractivity contribution < 1.29 is 13.2 Å². The summed E-state index contributed by atoms with van der Waals surface area (Å²) in [6, 6.07) is 3.24. The number of rotatable bonds is 6. The molecule has 160 valence electrons. The van der Waals surface area contributed by atoms with Gasteiger partial charge in [-0.05, 0) is 38.8 Å². The number of sulfone groups is 1. The summed E-state index contributed by atoms with van der Waals surface area (Å²) in [5.41, 5.74) is 1.34. The van der Waals surface area contributed by atoms with Crippen molar-refractivity contribution >= 4 is 32.5 Å². The Bertz CT molecular complexity index is 1070. The van der Waals surface area contributed by atoms with Crippen LogP contribution in [0.1, 0.15) is 59.8 Å². The molecule has 1 heterocycles. The zero-order chi connectivity index (χ0) is 21.3. The summed E-state index contributed by atoms with van der Waals surface area (Å²) in [4.78, 5) is 25.3. The van der Waals surface area contributed by atoms with Gasteiger partial charge in [-0.2, -0.15) is 0 Å². The number of benzene rings is 1. The Morgan fingerprint density at radius 2 is 1.62 bits per heavy atom. The maximum Gasteiger partial charge on any atom is 0.329 e. The molecule has 7 nitrogen and oxygen atoms in total. The molecule has 8 heteroatoms. The number of anilines is 1. The third kappa shape index (κ3) is 3.86. The number of amides is 1. The molecule has 1 aromatic carbocycles. The first-order valence-electron chi connectivity index (χ1n) is 10.5. The highest BCUT2D eigenvalue weighted by molar-refractivity contribution is 7.92. The van der Waals surface area contributed by atoms with Gasteiger partial charge in [-0.1, -0.05) is 33.1 Å². The van der Waals surface area contributed by atoms with Crippen molar-refractivity contribution in [1.82, 2.24) is 9.13 Å². The fraction of sp³-hybridized carbons (Fsp3) is 0.619. The maximum atomic E-state index is 13.5. The molecule has 0 aliphatic heterocycles. The van der Waals surface area contributed by atoms with E-state index in [0.29, 0.717) is 37.0 Å². The number of hydrogen-bond donors (Lipinski definition) is 1. The van der Waals surface area contributed by atoms with Crippen LogP contribution in [0.2, 0.25) is 0 Å². The fourth-order valence-corrected chi connectivity index (χ4v) is 6.12. The van der Waals surface area contributed by atoms with Gasteiger partial charge in [0.05, 0.1) is 26.9 Å². The van der Waals surface area contributed by atoms with Gasteiger partial charge < -0.3 is 5.32 Å². The van der Waals surface area contributed by atoms with Gasteiger partial charge in [0.2, 0.25) is 5.91 Å². The van der Waals surface area contributed by atoms with Crippen molar-refractivity contribution in [3.05, 3.63) is 22.6 Å². The van der Waals surface area contributed by atoms with Gasteiger partial charge in [0, 0.05) is 19.0 Å². The first-order chi connectivity index (χ1) is 13.7. The number of hydrogen-bond acceptors (Lipinski definition) is 4. The van der Waals surface area contributed by atoms with E-state index in [1.807, 2.05) is 13.8 Å². The minimum atomic E-state index is -3.63. The average molecular weight is 422 g/mol. The van der Waals surface area contributed by atoms with Crippen molar-refractivity contribution in [2.24, 2.45) is 5.92 Å². The molecule has 1 amide bonds. The predicted molar refractivity (Wildman–Crippen MR) is 115 cm³/mol. The van der Waals surface area contributed by atoms with Crippen LogP contribution in [0, 0.1) is 5.92 Å². The number of fused-ring (bicyclic) bond motifs is 1. The molecule has 1 aliphatic rings. The highest BCUT2D eigenvalue weighted by Crippen LogP contribution is 2.35. The molecule has 0 radical (unpaired) electrons. The van der Waals surface area contributed by atoms with Crippen LogP contribution in [-0.4, -0.2) is 28.7 Å². The van der Waals surface area contributed by atoms with E-state index in [1.165, 1.54) is 0 Å². The number of aromatic nitrogens is 2. The van der Waals surface area contributed by atoms with Crippen molar-refractivity contribution in [2.45, 2.75) is 83.0 Å². The molecule has 1 saturated carbocycles. The van der Waals surface area contributed by atoms with Gasteiger partial charge in [-0.3, -0.25) is 13.9 Å². The summed E-state index contributed by atoms with van der Waals surface area (Å²) >= 11 is 0. The second kappa shape index (κ2) is 8.34. The summed E-state index contributed by atoms with van der Waals surface area (Å²) in [6.07, 6.45) is 4.11. The molecular formula is C21H31N3O4S. The van der Waals surface area contributed by atoms with Crippen LogP contribution in [0.5, 0.6) is 0 Å². The highest BCUT2D eigenvalue weighted by atomic mass is 32.2. The smallest absolute Gasteiger partial charge is 0.325 e. The third-order valence-electron chi connectivity index (χ3n) is 5.83. The third-order valence-corrected chi connectivity index (χ3v) is 8.13. The molecule has 0 spiro atoms. The van der Waals surface area contributed by atoms with E-state index in [-0.39, 0.29) is 28.1 Å². The number of carbonyl (C=O) groups is 1. The lowest BCUT2D eigenvalue weighted by Gasteiger charge is -2.23. The lowest BCUT2D eigenvalue weighted by molar-refractivity contribution is -0.118. The second-order valence-electron chi connectivity index (χ2n) is 8.06. The van der Waals surface area contributed by atoms with Crippen molar-refractivity contribution in [3.63, 3.8) is 0 Å². The largest absolute Gasteiger partial charge is 0.329 e. The topological polar surface area (TPSA) is 90.2 Å². The molecule has 0 atom stereocenters. The molecule has 29 heavy (non-hydrogen) atoms. The van der Waals surface area contributed by atoms with Gasteiger partial charge >= 0.3 is 5.69 Å². The maximum absolute atomic E-state index is 13.5. The highest BCUT2D eigenvalue weighted by Gasteiger charge is 2.32. The minimum Gasteiger partial charge on any atom is -0.325 e. The van der Waals surface area contributed by atoms with E-state index in [4.69, 9.17) is 0 Å². The van der Waals surface area contributed by atoms with E-state index in [0.717, 1.165) is 19.3 Å². The van der Waals surface area contributed by atoms with Gasteiger partial charge in [0.25, 0.3) is 0 Å². The molecule has 1 aromatic heterocycles. The summed E-state index contributed by atoms with van der Waals surface area (Å²) in [5.74, 6) is -0.533. The van der Waals surface area contributed by atoms with Gasteiger partial charge in [-0.25, -0.2) is 13.2 Å². The van der Waals surface area contributed by atoms with E-state index in [1.54, 1.807) is 35.1 Å². The molecule has 0 unspecified atom stereocenters. The predicted octanol–water partition coefficient (Wildman–Crippen LogP) is 3.54. The number of aryl methyl sites for hydroxylation is 2. The lowest BCUT2D eigenvalue weighted by Crippen LogP contribution is -2.26. The van der Waals surface area contributed by atoms with Crippen LogP contribution >= 0.6 is 0 Å². The molecule has 1 N–H and O–H groups in total. The van der Waals surface area contributed by atoms with Crippen LogP contribution in [0.3, 0.4) is 0 Å². The molecule has 0 saturated heterocycles. The van der Waals surface area contributed by atoms with Crippen LogP contribution in [0.4, 0.5) is 5.69 Å². The Labute approximate surface area is 172 Å². The van der Waals surface area contributed by atoms with Crippen molar-refractivity contribution in [1.29, 1.82) is 0 Å². The van der Waals surface area contributed by atoms with Gasteiger partial charge in [-0.15, -0.1) is 0 Å². The molecule has 2 aromatic rings. The Hall–Kier alpha value is -2.09. The van der Waals surface area contributed by atoms with Crippen molar-refractivity contribution in [2.75, 3.05) is 5.32 Å². The first-order valence-corrected chi connectivity index (χ1v) is 12.1. The zero-order valence-electron chi connectivity index (χ0n) is 17.7. The van der Waals surface area contributed by atoms with E-state index >= 15 is 0 Å². The number of imidazole rings is 1. The van der Waals surface area contributed by atoms with E-state index < -0.39 is 15.1 Å². The van der Waals surface area contributed by atoms with Gasteiger partial charge in [0.1, 0.15) is 0 Å². The molecule has 0 bridgehead atoms. The summed E-state index contributed by atoms with van der Waals surface area (Å²) in [6.45, 7) is 8.18. The fourth-order valence-electron chi connectivity index (χ4n) is 4.12. The minimum absolute atomic E-state index is 0.126. The SMILES string of the molecule is CCn1c(=O)n(CC)c2cc(S(=O)(=O)C3CCCCC3)c(NC(=O)C(C)C)cc21. The van der Waals surface area contributed by atoms with Crippen LogP contribution in [0.25, 0.3) is 11.0 Å². The monoisotopic (exact) mass is 421 g/mol. The molecule has 1 fully saturated rings. The summed E-state index contributed by atoms with van der Waals surface area (Å²) in [5, 5.41) is 2.36. The molecular weight excluding hydrogens is 390 g/mol. The Kier molecular flexibility index (Phi) is 6.22. The van der Waals surface area contributed by atoms with E-state index in [2.05, 4.69) is 5.32 Å². The molecule has 1 aliphatic carbocycles. The average Bonchev–Trinajstić information content (AvgIpc) is 2.97. The zero-order valence-corrected chi connectivity index (χ0v) is 18.5. The number of carbonyl (C=O) groups excluding carboxylic acids is 1. The van der Waals surface area contributed by atoms with Crippen molar-refractivity contribution in [3.8, 4) is 0 Å². The molecule has 3 rings (SSSR count). The second-order valence-corrected chi connectivity index (χ2v) is 10.3. The summed E-state index contributed by atoms with van der Waals surface area (Å²) < 4.78 is 30.2. The number of nitrogens with one attached hydrogen (secondary N) is 1. The van der Waals surface area contributed by atoms with Crippen LogP contribution in [-0.2, 0) is 27.7 Å². The van der Waals surface area contributed by atoms with E-state index in [9.17, 15) is 18.0 Å². The van der Waals surface area contributed by atoms with Crippen LogP contribution in [0.15, 0.2) is 21.8 Å². The van der Waals surface area contributed by atoms with Gasteiger partial charge in [0.15, 0.2) is 9.84 Å². The standard InChI is InChI=1S/C21H31N3O4S/c1-5-23-17-12-16(22-20(25)14(3)4)19(13-18(17)24(6-2)21(23)26)29(27,28)15-10-8-7-9-11-15/h12-15H,5-11H2,1-4H3,(H,22,25). The van der Waals surface area contributed by atoms with Crippen LogP contribution < -0.4 is 11.0 Å². The summed E-state index contributed by atoms with van der Waals surface area (Å²) in [7, 11) is -3.63. The lowest BCUT2D eigenvalue weighted by atomic mass is 10.0. The quantitative estimate of drug-likeness (QED) is 0.772. The Morgan fingerprint density at radius 3 is 2.14 bits per heavy atom. The Morgan fingerprint density at radius 1 is 1.07 bits per heavy atom. The normalized spacial score (nSPS) is 15.9. The first kappa shape index (κ1) is 21.6.